The number of aromatic nitrogens is 1. The summed E-state index contributed by atoms with van der Waals surface area (Å²) in [4.78, 5) is 15.5. The van der Waals surface area contributed by atoms with E-state index in [-0.39, 0.29) is 5.69 Å². The van der Waals surface area contributed by atoms with Crippen LogP contribution in [-0.4, -0.2) is 10.9 Å². The van der Waals surface area contributed by atoms with Crippen molar-refractivity contribution in [2.45, 2.75) is 13.1 Å². The van der Waals surface area contributed by atoms with Gasteiger partial charge in [0.2, 0.25) is 0 Å². The summed E-state index contributed by atoms with van der Waals surface area (Å²) in [5.41, 5.74) is -1.47. The summed E-state index contributed by atoms with van der Waals surface area (Å²) in [6.45, 7) is 8.91. The van der Waals surface area contributed by atoms with E-state index in [0.29, 0.717) is 11.1 Å². The number of alkyl halides is 3. The highest BCUT2D eigenvalue weighted by Crippen LogP contribution is 2.37. The molecule has 3 aromatic rings. The van der Waals surface area contributed by atoms with E-state index in [9.17, 15) is 18.0 Å². The summed E-state index contributed by atoms with van der Waals surface area (Å²) >= 11 is 0. The van der Waals surface area contributed by atoms with Crippen molar-refractivity contribution in [3.8, 4) is 11.3 Å². The van der Waals surface area contributed by atoms with Gasteiger partial charge >= 0.3 is 6.18 Å². The highest BCUT2D eigenvalue weighted by molar-refractivity contribution is 5.81. The van der Waals surface area contributed by atoms with E-state index in [1.807, 2.05) is 19.1 Å². The maximum Gasteiger partial charge on any atom is 0.407 e. The Labute approximate surface area is 159 Å². The molecular formula is C21H14F3N3O. The average Bonchev–Trinajstić information content (AvgIpc) is 2.67. The standard InChI is InChI=1S/C21H14F3N3O/c1-14-8-6-7-11-16(14)13-26-27-18(15-9-4-3-5-10-15)12-17(21(22,23)24)19(25-2)20(27)28/h3-13H,1H3. The van der Waals surface area contributed by atoms with E-state index in [0.717, 1.165) is 16.3 Å². The van der Waals surface area contributed by atoms with Crippen molar-refractivity contribution in [1.29, 1.82) is 0 Å². The zero-order chi connectivity index (χ0) is 20.3. The van der Waals surface area contributed by atoms with Crippen LogP contribution in [0.15, 0.2) is 70.6 Å². The monoisotopic (exact) mass is 381 g/mol. The van der Waals surface area contributed by atoms with Crippen molar-refractivity contribution < 1.29 is 13.2 Å². The van der Waals surface area contributed by atoms with Gasteiger partial charge in [0.1, 0.15) is 0 Å². The number of rotatable bonds is 3. The van der Waals surface area contributed by atoms with Crippen molar-refractivity contribution in [2.24, 2.45) is 5.10 Å². The molecule has 0 bridgehead atoms. The first-order valence-corrected chi connectivity index (χ1v) is 8.23. The van der Waals surface area contributed by atoms with E-state index in [1.54, 1.807) is 42.5 Å². The Balaban J connectivity index is 2.30. The van der Waals surface area contributed by atoms with Gasteiger partial charge in [-0.25, -0.2) is 9.52 Å². The third-order valence-electron chi connectivity index (χ3n) is 4.15. The van der Waals surface area contributed by atoms with Gasteiger partial charge in [0.05, 0.1) is 24.0 Å². The number of hydrogen-bond donors (Lipinski definition) is 0. The second-order valence-electron chi connectivity index (χ2n) is 5.99. The highest BCUT2D eigenvalue weighted by atomic mass is 19.4. The minimum absolute atomic E-state index is 0.0461. The van der Waals surface area contributed by atoms with Crippen LogP contribution in [0.25, 0.3) is 16.1 Å². The third-order valence-corrected chi connectivity index (χ3v) is 4.15. The summed E-state index contributed by atoms with van der Waals surface area (Å²) in [6, 6.07) is 16.2. The fraction of sp³-hybridized carbons (Fsp3) is 0.0952. The molecule has 140 valence electrons. The van der Waals surface area contributed by atoms with Crippen LogP contribution in [0, 0.1) is 13.5 Å². The van der Waals surface area contributed by atoms with Crippen molar-refractivity contribution in [3.05, 3.63) is 99.1 Å². The van der Waals surface area contributed by atoms with Crippen LogP contribution in [0.2, 0.25) is 0 Å². The zero-order valence-corrected chi connectivity index (χ0v) is 14.7. The van der Waals surface area contributed by atoms with E-state index < -0.39 is 23.0 Å². The average molecular weight is 381 g/mol. The van der Waals surface area contributed by atoms with E-state index in [2.05, 4.69) is 9.95 Å². The number of pyridine rings is 1. The van der Waals surface area contributed by atoms with Crippen LogP contribution in [0.4, 0.5) is 18.9 Å². The largest absolute Gasteiger partial charge is 0.407 e. The summed E-state index contributed by atoms with van der Waals surface area (Å²) in [6.07, 6.45) is -3.44. The molecule has 1 aromatic heterocycles. The SMILES string of the molecule is [C-]#[N+]c1c(C(F)(F)F)cc(-c2ccccc2)n(N=Cc2ccccc2C)c1=O. The molecule has 28 heavy (non-hydrogen) atoms. The lowest BCUT2D eigenvalue weighted by Crippen LogP contribution is -2.22. The Hall–Kier alpha value is -3.66. The van der Waals surface area contributed by atoms with Gasteiger partial charge in [-0.15, -0.1) is 0 Å². The second-order valence-corrected chi connectivity index (χ2v) is 5.99. The van der Waals surface area contributed by atoms with Gasteiger partial charge in [-0.2, -0.15) is 18.3 Å². The number of benzene rings is 2. The molecule has 2 aromatic carbocycles. The van der Waals surface area contributed by atoms with Crippen molar-refractivity contribution in [3.63, 3.8) is 0 Å². The summed E-state index contributed by atoms with van der Waals surface area (Å²) in [5.74, 6) is 0. The van der Waals surface area contributed by atoms with Gasteiger partial charge < -0.3 is 0 Å². The molecule has 1 heterocycles. The predicted octanol–water partition coefficient (Wildman–Crippen LogP) is 5.28. The molecule has 0 saturated carbocycles. The molecule has 0 amide bonds. The lowest BCUT2D eigenvalue weighted by Gasteiger charge is -2.14. The predicted molar refractivity (Wildman–Crippen MR) is 102 cm³/mol. The first kappa shape index (κ1) is 19.1. The Bertz CT molecular complexity index is 1140. The van der Waals surface area contributed by atoms with Crippen molar-refractivity contribution in [1.82, 2.24) is 4.68 Å². The maximum atomic E-state index is 13.4. The van der Waals surface area contributed by atoms with Gasteiger partial charge in [0.15, 0.2) is 0 Å². The Morgan fingerprint density at radius 2 is 1.71 bits per heavy atom. The second kappa shape index (κ2) is 7.53. The van der Waals surface area contributed by atoms with E-state index in [4.69, 9.17) is 6.57 Å². The minimum Gasteiger partial charge on any atom is -0.281 e. The zero-order valence-electron chi connectivity index (χ0n) is 14.7. The van der Waals surface area contributed by atoms with Crippen LogP contribution >= 0.6 is 0 Å². The van der Waals surface area contributed by atoms with Crippen LogP contribution in [-0.2, 0) is 6.18 Å². The molecule has 0 N–H and O–H groups in total. The molecule has 0 unspecified atom stereocenters. The lowest BCUT2D eigenvalue weighted by molar-refractivity contribution is -0.136. The fourth-order valence-corrected chi connectivity index (χ4v) is 2.70. The summed E-state index contributed by atoms with van der Waals surface area (Å²) < 4.78 is 41.1. The maximum absolute atomic E-state index is 13.4. The van der Waals surface area contributed by atoms with Crippen LogP contribution in [0.3, 0.4) is 0 Å². The molecule has 0 aliphatic rings. The molecule has 4 nitrogen and oxygen atoms in total. The van der Waals surface area contributed by atoms with Crippen LogP contribution in [0.5, 0.6) is 0 Å². The molecule has 0 radical (unpaired) electrons. The smallest absolute Gasteiger partial charge is 0.281 e. The third kappa shape index (κ3) is 3.71. The number of nitrogens with zero attached hydrogens (tertiary/aromatic N) is 3. The molecule has 0 aliphatic heterocycles. The van der Waals surface area contributed by atoms with Gasteiger partial charge in [-0.1, -0.05) is 54.6 Å². The highest BCUT2D eigenvalue weighted by Gasteiger charge is 2.36. The lowest BCUT2D eigenvalue weighted by atomic mass is 10.1. The normalized spacial score (nSPS) is 11.5. The molecule has 3 rings (SSSR count). The quantitative estimate of drug-likeness (QED) is 0.450. The van der Waals surface area contributed by atoms with Gasteiger partial charge in [0.25, 0.3) is 11.2 Å². The van der Waals surface area contributed by atoms with Gasteiger partial charge in [-0.3, -0.25) is 4.79 Å². The fourth-order valence-electron chi connectivity index (χ4n) is 2.70. The molecule has 0 aliphatic carbocycles. The Kier molecular flexibility index (Phi) is 5.14. The molecule has 7 heteroatoms. The van der Waals surface area contributed by atoms with Crippen molar-refractivity contribution >= 4 is 11.9 Å². The number of aryl methyl sites for hydroxylation is 1. The topological polar surface area (TPSA) is 38.7 Å². The van der Waals surface area contributed by atoms with E-state index in [1.165, 1.54) is 6.21 Å². The molecule has 0 spiro atoms. The first-order valence-electron chi connectivity index (χ1n) is 8.23. The Morgan fingerprint density at radius 3 is 2.32 bits per heavy atom. The molecule has 0 saturated heterocycles. The summed E-state index contributed by atoms with van der Waals surface area (Å²) in [5, 5.41) is 4.11. The molecular weight excluding hydrogens is 367 g/mol. The van der Waals surface area contributed by atoms with Gasteiger partial charge in [0, 0.05) is 5.56 Å². The van der Waals surface area contributed by atoms with Crippen LogP contribution < -0.4 is 5.56 Å². The molecule has 0 atom stereocenters. The first-order chi connectivity index (χ1) is 13.3. The molecule has 0 fully saturated rings. The number of halogens is 3. The number of hydrogen-bond acceptors (Lipinski definition) is 2. The van der Waals surface area contributed by atoms with Crippen LogP contribution in [0.1, 0.15) is 16.7 Å². The van der Waals surface area contributed by atoms with Crippen molar-refractivity contribution in [2.75, 3.05) is 0 Å². The van der Waals surface area contributed by atoms with Gasteiger partial charge in [-0.05, 0) is 24.1 Å². The summed E-state index contributed by atoms with van der Waals surface area (Å²) in [7, 11) is 0. The minimum atomic E-state index is -4.83. The Morgan fingerprint density at radius 1 is 1.07 bits per heavy atom. The van der Waals surface area contributed by atoms with E-state index >= 15 is 0 Å².